The van der Waals surface area contributed by atoms with Crippen molar-refractivity contribution in [2.45, 2.75) is 53.9 Å². The summed E-state index contributed by atoms with van der Waals surface area (Å²) in [5, 5.41) is 0. The zero-order valence-electron chi connectivity index (χ0n) is 11.7. The van der Waals surface area contributed by atoms with Crippen molar-refractivity contribution in [3.05, 3.63) is 0 Å². The van der Waals surface area contributed by atoms with Gasteiger partial charge in [-0.3, -0.25) is 0 Å². The molecule has 3 aliphatic rings. The average molecular weight is 220 g/mol. The van der Waals surface area contributed by atoms with Gasteiger partial charge in [0.05, 0.1) is 0 Å². The van der Waals surface area contributed by atoms with Crippen molar-refractivity contribution in [1.29, 1.82) is 0 Å². The van der Waals surface area contributed by atoms with Gasteiger partial charge in [-0.2, -0.15) is 0 Å². The van der Waals surface area contributed by atoms with Crippen LogP contribution < -0.4 is 0 Å². The number of rotatable bonds is 0. The van der Waals surface area contributed by atoms with E-state index in [0.29, 0.717) is 5.41 Å². The molecule has 0 nitrogen and oxygen atoms in total. The fourth-order valence-corrected chi connectivity index (χ4v) is 5.48. The highest BCUT2D eigenvalue weighted by Crippen LogP contribution is 2.65. The van der Waals surface area contributed by atoms with E-state index in [0.717, 1.165) is 41.4 Å². The third-order valence-electron chi connectivity index (χ3n) is 7.10. The minimum absolute atomic E-state index is 0.606. The third-order valence-corrected chi connectivity index (χ3v) is 7.10. The first kappa shape index (κ1) is 11.1. The van der Waals surface area contributed by atoms with Gasteiger partial charge < -0.3 is 0 Å². The maximum atomic E-state index is 2.52. The highest BCUT2D eigenvalue weighted by atomic mass is 14.6. The second kappa shape index (κ2) is 3.27. The minimum atomic E-state index is 0.606. The zero-order chi connectivity index (χ0) is 11.7. The van der Waals surface area contributed by atoms with E-state index in [1.165, 1.54) is 12.8 Å². The van der Waals surface area contributed by atoms with Crippen molar-refractivity contribution in [3.63, 3.8) is 0 Å². The molecule has 0 aliphatic heterocycles. The smallest absolute Gasteiger partial charge is 0.0326 e. The molecule has 0 aromatic rings. The van der Waals surface area contributed by atoms with Gasteiger partial charge in [0.15, 0.2) is 0 Å². The Bertz CT molecular complexity index is 290. The van der Waals surface area contributed by atoms with Gasteiger partial charge in [-0.1, -0.05) is 34.6 Å². The Balaban J connectivity index is 1.86. The van der Waals surface area contributed by atoms with Crippen LogP contribution in [0.15, 0.2) is 0 Å². The van der Waals surface area contributed by atoms with Crippen LogP contribution in [0.1, 0.15) is 53.9 Å². The molecular weight excluding hydrogens is 192 g/mol. The molecule has 0 spiro atoms. The molecule has 7 atom stereocenters. The summed E-state index contributed by atoms with van der Waals surface area (Å²) in [6.45, 7) is 12.6. The predicted molar refractivity (Wildman–Crippen MR) is 69.1 cm³/mol. The Morgan fingerprint density at radius 1 is 0.750 bits per heavy atom. The highest BCUT2D eigenvalue weighted by Gasteiger charge is 2.57. The highest BCUT2D eigenvalue weighted by molar-refractivity contribution is 5.06. The van der Waals surface area contributed by atoms with Crippen LogP contribution in [0.4, 0.5) is 0 Å². The largest absolute Gasteiger partial charge is 0.0620 e. The molecule has 0 amide bonds. The van der Waals surface area contributed by atoms with Gasteiger partial charge in [-0.05, 0) is 66.1 Å². The van der Waals surface area contributed by atoms with Gasteiger partial charge >= 0.3 is 0 Å². The van der Waals surface area contributed by atoms with Gasteiger partial charge in [0.1, 0.15) is 0 Å². The molecule has 92 valence electrons. The molecule has 0 heteroatoms. The monoisotopic (exact) mass is 220 g/mol. The Morgan fingerprint density at radius 3 is 1.94 bits per heavy atom. The van der Waals surface area contributed by atoms with E-state index >= 15 is 0 Å². The SMILES string of the molecule is CC1C(C)C2CC1C1CC(C)C(C)(C)CC21. The first-order chi connectivity index (χ1) is 7.42. The van der Waals surface area contributed by atoms with E-state index in [-0.39, 0.29) is 0 Å². The summed E-state index contributed by atoms with van der Waals surface area (Å²) < 4.78 is 0. The summed E-state index contributed by atoms with van der Waals surface area (Å²) in [6, 6.07) is 0. The lowest BCUT2D eigenvalue weighted by Gasteiger charge is -2.50. The number of hydrogen-bond acceptors (Lipinski definition) is 0. The molecular formula is C16H28. The fraction of sp³-hybridized carbons (Fsp3) is 1.00. The van der Waals surface area contributed by atoms with Crippen molar-refractivity contribution in [2.24, 2.45) is 46.8 Å². The summed E-state index contributed by atoms with van der Waals surface area (Å²) in [5.74, 6) is 7.31. The Kier molecular flexibility index (Phi) is 2.27. The van der Waals surface area contributed by atoms with Crippen LogP contribution in [0.5, 0.6) is 0 Å². The van der Waals surface area contributed by atoms with Crippen LogP contribution in [0.25, 0.3) is 0 Å². The van der Waals surface area contributed by atoms with Gasteiger partial charge in [0.25, 0.3) is 0 Å². The molecule has 0 aromatic heterocycles. The van der Waals surface area contributed by atoms with Crippen molar-refractivity contribution >= 4 is 0 Å². The molecule has 0 N–H and O–H groups in total. The molecule has 7 unspecified atom stereocenters. The standard InChI is InChI=1S/C16H28/c1-9-6-14-12-7-13(11(3)10(12)2)15(14)8-16(9,4)5/h9-15H,6-8H2,1-5H3. The van der Waals surface area contributed by atoms with Crippen molar-refractivity contribution < 1.29 is 0 Å². The Morgan fingerprint density at radius 2 is 1.31 bits per heavy atom. The summed E-state index contributed by atoms with van der Waals surface area (Å²) in [6.07, 6.45) is 4.60. The molecule has 0 aromatic carbocycles. The quantitative estimate of drug-likeness (QED) is 0.560. The predicted octanol–water partition coefficient (Wildman–Crippen LogP) is 4.60. The second-order valence-corrected chi connectivity index (χ2v) is 7.94. The number of fused-ring (bicyclic) bond motifs is 5. The van der Waals surface area contributed by atoms with Crippen LogP contribution in [-0.4, -0.2) is 0 Å². The summed E-state index contributed by atoms with van der Waals surface area (Å²) >= 11 is 0. The topological polar surface area (TPSA) is 0 Å². The molecule has 3 aliphatic carbocycles. The molecule has 3 rings (SSSR count). The third kappa shape index (κ3) is 1.28. The van der Waals surface area contributed by atoms with Gasteiger partial charge in [-0.15, -0.1) is 0 Å². The maximum absolute atomic E-state index is 2.52. The number of hydrogen-bond donors (Lipinski definition) is 0. The molecule has 0 saturated heterocycles. The van der Waals surface area contributed by atoms with Crippen LogP contribution in [0.2, 0.25) is 0 Å². The summed E-state index contributed by atoms with van der Waals surface area (Å²) in [5.41, 5.74) is 0.606. The lowest BCUT2D eigenvalue weighted by Crippen LogP contribution is -2.42. The maximum Gasteiger partial charge on any atom is -0.0326 e. The van der Waals surface area contributed by atoms with Crippen LogP contribution in [0, 0.1) is 46.8 Å². The van der Waals surface area contributed by atoms with E-state index in [1.807, 2.05) is 0 Å². The molecule has 0 radical (unpaired) electrons. The molecule has 16 heavy (non-hydrogen) atoms. The van der Waals surface area contributed by atoms with E-state index in [1.54, 1.807) is 6.42 Å². The summed E-state index contributed by atoms with van der Waals surface area (Å²) in [7, 11) is 0. The van der Waals surface area contributed by atoms with E-state index in [9.17, 15) is 0 Å². The van der Waals surface area contributed by atoms with Crippen LogP contribution in [-0.2, 0) is 0 Å². The van der Waals surface area contributed by atoms with Crippen LogP contribution >= 0.6 is 0 Å². The first-order valence-electron chi connectivity index (χ1n) is 7.42. The minimum Gasteiger partial charge on any atom is -0.0620 e. The van der Waals surface area contributed by atoms with Crippen molar-refractivity contribution in [3.8, 4) is 0 Å². The van der Waals surface area contributed by atoms with Crippen molar-refractivity contribution in [1.82, 2.24) is 0 Å². The van der Waals surface area contributed by atoms with Crippen LogP contribution in [0.3, 0.4) is 0 Å². The Labute approximate surface area is 101 Å². The van der Waals surface area contributed by atoms with Crippen molar-refractivity contribution in [2.75, 3.05) is 0 Å². The molecule has 3 saturated carbocycles. The molecule has 2 bridgehead atoms. The Hall–Kier alpha value is 0. The molecule has 3 fully saturated rings. The van der Waals surface area contributed by atoms with E-state index in [4.69, 9.17) is 0 Å². The lowest BCUT2D eigenvalue weighted by atomic mass is 9.55. The average Bonchev–Trinajstić information content (AvgIpc) is 2.66. The van der Waals surface area contributed by atoms with Gasteiger partial charge in [0, 0.05) is 0 Å². The van der Waals surface area contributed by atoms with E-state index < -0.39 is 0 Å². The normalized spacial score (nSPS) is 58.7. The summed E-state index contributed by atoms with van der Waals surface area (Å²) in [4.78, 5) is 0. The van der Waals surface area contributed by atoms with Gasteiger partial charge in [-0.25, -0.2) is 0 Å². The van der Waals surface area contributed by atoms with E-state index in [2.05, 4.69) is 34.6 Å². The molecule has 0 heterocycles. The zero-order valence-corrected chi connectivity index (χ0v) is 11.7. The lowest BCUT2D eigenvalue weighted by molar-refractivity contribution is -0.00707. The fourth-order valence-electron chi connectivity index (χ4n) is 5.48. The second-order valence-electron chi connectivity index (χ2n) is 7.94. The van der Waals surface area contributed by atoms with Gasteiger partial charge in [0.2, 0.25) is 0 Å². The first-order valence-corrected chi connectivity index (χ1v) is 7.42.